The number of H-pyrrole nitrogens is 1. The van der Waals surface area contributed by atoms with Crippen LogP contribution >= 0.6 is 0 Å². The van der Waals surface area contributed by atoms with Gasteiger partial charge in [0, 0.05) is 25.4 Å². The second-order valence-electron chi connectivity index (χ2n) is 3.12. The summed E-state index contributed by atoms with van der Waals surface area (Å²) in [6.07, 6.45) is 4.85. The highest BCUT2D eigenvalue weighted by atomic mass is 16.1. The maximum Gasteiger partial charge on any atom is 0.290 e. The van der Waals surface area contributed by atoms with Gasteiger partial charge in [-0.25, -0.2) is 4.98 Å². The average Bonchev–Trinajstić information content (AvgIpc) is 2.20. The predicted octanol–water partition coefficient (Wildman–Crippen LogP) is -0.163. The van der Waals surface area contributed by atoms with Gasteiger partial charge in [0.05, 0.1) is 0 Å². The topological polar surface area (TPSA) is 101 Å². The summed E-state index contributed by atoms with van der Waals surface area (Å²) < 4.78 is 0. The molecule has 6 heteroatoms. The summed E-state index contributed by atoms with van der Waals surface area (Å²) in [5.74, 6) is 0.00209. The summed E-state index contributed by atoms with van der Waals surface area (Å²) in [6, 6.07) is 0. The Morgan fingerprint density at radius 1 is 1.53 bits per heavy atom. The van der Waals surface area contributed by atoms with Crippen LogP contribution in [0.25, 0.3) is 0 Å². The van der Waals surface area contributed by atoms with Crippen molar-refractivity contribution in [2.45, 2.75) is 19.3 Å². The number of nitrogens with zero attached hydrogens (tertiary/aromatic N) is 1. The standard InChI is InChI=1S/C9H14N4O2/c10-7(14)3-1-2-4-11-8-9(15)13-6-5-12-8/h5-6H,1-4H2,(H2,10,14)(H,11,12)(H,13,15). The Bertz CT molecular complexity index is 374. The number of hydrogen-bond acceptors (Lipinski definition) is 4. The zero-order valence-electron chi connectivity index (χ0n) is 8.32. The SMILES string of the molecule is NC(=O)CCCCNc1ncc[nH]c1=O. The van der Waals surface area contributed by atoms with Crippen molar-refractivity contribution in [1.82, 2.24) is 9.97 Å². The Hall–Kier alpha value is -1.85. The van der Waals surface area contributed by atoms with E-state index < -0.39 is 0 Å². The molecule has 0 fully saturated rings. The number of nitrogens with one attached hydrogen (secondary N) is 2. The van der Waals surface area contributed by atoms with E-state index >= 15 is 0 Å². The van der Waals surface area contributed by atoms with Crippen LogP contribution in [0.5, 0.6) is 0 Å². The van der Waals surface area contributed by atoms with Gasteiger partial charge in [-0.1, -0.05) is 0 Å². The first kappa shape index (κ1) is 11.2. The number of aromatic nitrogens is 2. The molecule has 0 saturated carbocycles. The lowest BCUT2D eigenvalue weighted by Crippen LogP contribution is -2.16. The molecule has 1 aromatic heterocycles. The number of hydrogen-bond donors (Lipinski definition) is 3. The fourth-order valence-electron chi connectivity index (χ4n) is 1.11. The van der Waals surface area contributed by atoms with Gasteiger partial charge in [-0.2, -0.15) is 0 Å². The molecule has 4 N–H and O–H groups in total. The Morgan fingerprint density at radius 3 is 3.00 bits per heavy atom. The fourth-order valence-corrected chi connectivity index (χ4v) is 1.11. The van der Waals surface area contributed by atoms with Crippen LogP contribution in [0.15, 0.2) is 17.2 Å². The molecule has 1 aromatic rings. The molecule has 1 rings (SSSR count). The fraction of sp³-hybridized carbons (Fsp3) is 0.444. The van der Waals surface area contributed by atoms with Crippen LogP contribution in [0, 0.1) is 0 Å². The molecule has 0 aliphatic rings. The molecule has 1 heterocycles. The predicted molar refractivity (Wildman–Crippen MR) is 56.4 cm³/mol. The van der Waals surface area contributed by atoms with Gasteiger partial charge in [0.1, 0.15) is 0 Å². The molecule has 0 spiro atoms. The first-order valence-electron chi connectivity index (χ1n) is 4.76. The second-order valence-corrected chi connectivity index (χ2v) is 3.12. The van der Waals surface area contributed by atoms with Crippen LogP contribution in [0.3, 0.4) is 0 Å². The van der Waals surface area contributed by atoms with E-state index in [1.807, 2.05) is 0 Å². The van der Waals surface area contributed by atoms with E-state index in [9.17, 15) is 9.59 Å². The monoisotopic (exact) mass is 210 g/mol. The number of aromatic amines is 1. The van der Waals surface area contributed by atoms with Gasteiger partial charge in [-0.05, 0) is 12.8 Å². The van der Waals surface area contributed by atoms with Gasteiger partial charge in [0.2, 0.25) is 5.91 Å². The highest BCUT2D eigenvalue weighted by Gasteiger charge is 1.98. The third kappa shape index (κ3) is 4.26. The van der Waals surface area contributed by atoms with Crippen molar-refractivity contribution in [1.29, 1.82) is 0 Å². The van der Waals surface area contributed by atoms with Crippen LogP contribution < -0.4 is 16.6 Å². The molecule has 0 bridgehead atoms. The number of anilines is 1. The molecule has 0 saturated heterocycles. The van der Waals surface area contributed by atoms with Gasteiger partial charge >= 0.3 is 0 Å². The second kappa shape index (κ2) is 5.79. The zero-order valence-corrected chi connectivity index (χ0v) is 8.32. The van der Waals surface area contributed by atoms with E-state index in [2.05, 4.69) is 15.3 Å². The smallest absolute Gasteiger partial charge is 0.290 e. The van der Waals surface area contributed by atoms with E-state index in [1.165, 1.54) is 12.4 Å². The minimum Gasteiger partial charge on any atom is -0.370 e. The quantitative estimate of drug-likeness (QED) is 0.568. The Kier molecular flexibility index (Phi) is 4.33. The van der Waals surface area contributed by atoms with Crippen molar-refractivity contribution in [3.63, 3.8) is 0 Å². The summed E-state index contributed by atoms with van der Waals surface area (Å²) in [5, 5.41) is 2.88. The molecule has 82 valence electrons. The van der Waals surface area contributed by atoms with Crippen LogP contribution in [0.1, 0.15) is 19.3 Å². The van der Waals surface area contributed by atoms with Gasteiger partial charge in [0.15, 0.2) is 5.82 Å². The van der Waals surface area contributed by atoms with E-state index in [0.29, 0.717) is 25.2 Å². The summed E-state index contributed by atoms with van der Waals surface area (Å²) in [7, 11) is 0. The molecular weight excluding hydrogens is 196 g/mol. The lowest BCUT2D eigenvalue weighted by Gasteiger charge is -2.02. The molecule has 0 aliphatic heterocycles. The number of nitrogens with two attached hydrogens (primary N) is 1. The van der Waals surface area contributed by atoms with Crippen molar-refractivity contribution in [2.75, 3.05) is 11.9 Å². The normalized spacial score (nSPS) is 9.87. The van der Waals surface area contributed by atoms with Crippen molar-refractivity contribution in [2.24, 2.45) is 5.73 Å². The van der Waals surface area contributed by atoms with Gasteiger partial charge in [-0.15, -0.1) is 0 Å². The summed E-state index contributed by atoms with van der Waals surface area (Å²) >= 11 is 0. The maximum absolute atomic E-state index is 11.1. The van der Waals surface area contributed by atoms with E-state index in [0.717, 1.165) is 6.42 Å². The molecule has 0 radical (unpaired) electrons. The van der Waals surface area contributed by atoms with Crippen molar-refractivity contribution >= 4 is 11.7 Å². The third-order valence-corrected chi connectivity index (χ3v) is 1.85. The Morgan fingerprint density at radius 2 is 2.33 bits per heavy atom. The molecule has 0 aliphatic carbocycles. The lowest BCUT2D eigenvalue weighted by molar-refractivity contribution is -0.118. The average molecular weight is 210 g/mol. The molecular formula is C9H14N4O2. The zero-order chi connectivity index (χ0) is 11.1. The van der Waals surface area contributed by atoms with E-state index in [1.54, 1.807) is 0 Å². The van der Waals surface area contributed by atoms with Crippen LogP contribution in [0.4, 0.5) is 5.82 Å². The number of carbonyl (C=O) groups excluding carboxylic acids is 1. The van der Waals surface area contributed by atoms with E-state index in [-0.39, 0.29) is 11.5 Å². The van der Waals surface area contributed by atoms with E-state index in [4.69, 9.17) is 5.73 Å². The Labute approximate surface area is 86.9 Å². The number of carbonyl (C=O) groups is 1. The summed E-state index contributed by atoms with van der Waals surface area (Å²) in [6.45, 7) is 0.605. The molecule has 0 aromatic carbocycles. The van der Waals surface area contributed by atoms with Crippen LogP contribution in [-0.4, -0.2) is 22.4 Å². The largest absolute Gasteiger partial charge is 0.370 e. The highest BCUT2D eigenvalue weighted by molar-refractivity contribution is 5.73. The third-order valence-electron chi connectivity index (χ3n) is 1.85. The Balaban J connectivity index is 2.24. The first-order valence-corrected chi connectivity index (χ1v) is 4.76. The highest BCUT2D eigenvalue weighted by Crippen LogP contribution is 1.96. The van der Waals surface area contributed by atoms with Gasteiger partial charge in [-0.3, -0.25) is 9.59 Å². The maximum atomic E-state index is 11.1. The molecule has 1 amide bonds. The minimum atomic E-state index is -0.300. The summed E-state index contributed by atoms with van der Waals surface area (Å²) in [4.78, 5) is 27.9. The minimum absolute atomic E-state index is 0.243. The molecule has 6 nitrogen and oxygen atoms in total. The number of primary amides is 1. The number of amides is 1. The lowest BCUT2D eigenvalue weighted by atomic mass is 10.2. The van der Waals surface area contributed by atoms with Crippen molar-refractivity contribution < 1.29 is 4.79 Å². The molecule has 15 heavy (non-hydrogen) atoms. The van der Waals surface area contributed by atoms with Crippen molar-refractivity contribution in [3.05, 3.63) is 22.7 Å². The van der Waals surface area contributed by atoms with Crippen LogP contribution in [0.2, 0.25) is 0 Å². The van der Waals surface area contributed by atoms with Crippen molar-refractivity contribution in [3.8, 4) is 0 Å². The van der Waals surface area contributed by atoms with Gasteiger partial charge < -0.3 is 16.0 Å². The number of rotatable bonds is 6. The summed E-state index contributed by atoms with van der Waals surface area (Å²) in [5.41, 5.74) is 4.74. The van der Waals surface area contributed by atoms with Gasteiger partial charge in [0.25, 0.3) is 5.56 Å². The van der Waals surface area contributed by atoms with Crippen LogP contribution in [-0.2, 0) is 4.79 Å². The molecule has 0 unspecified atom stereocenters. The molecule has 0 atom stereocenters. The first-order chi connectivity index (χ1) is 7.20. The number of unbranched alkanes of at least 4 members (excludes halogenated alkanes) is 1.